The maximum Gasteiger partial charge on any atom is 0.364 e. The van der Waals surface area contributed by atoms with Gasteiger partial charge >= 0.3 is 5.97 Å². The van der Waals surface area contributed by atoms with Gasteiger partial charge in [-0.25, -0.2) is 10.3 Å². The molecule has 6 heteroatoms. The van der Waals surface area contributed by atoms with Gasteiger partial charge in [-0.1, -0.05) is 46.2 Å². The zero-order valence-corrected chi connectivity index (χ0v) is 13.6. The Hall–Kier alpha value is -2.11. The van der Waals surface area contributed by atoms with Crippen molar-refractivity contribution in [3.05, 3.63) is 81.4 Å². The number of rotatable bonds is 5. The Kier molecular flexibility index (Phi) is 5.35. The summed E-state index contributed by atoms with van der Waals surface area (Å²) in [5.74, 6) is -1.07. The number of ketones is 1. The quantitative estimate of drug-likeness (QED) is 0.481. The van der Waals surface area contributed by atoms with Gasteiger partial charge in [-0.2, -0.15) is 0 Å². The summed E-state index contributed by atoms with van der Waals surface area (Å²) in [5, 5.41) is 0.263. The normalized spacial score (nSPS) is 9.91. The highest BCUT2D eigenvalue weighted by Crippen LogP contribution is 2.16. The van der Waals surface area contributed by atoms with Gasteiger partial charge in [-0.3, -0.25) is 4.79 Å². The highest BCUT2D eigenvalue weighted by atomic mass is 79.9. The molecule has 0 amide bonds. The van der Waals surface area contributed by atoms with Gasteiger partial charge in [0.1, 0.15) is 5.70 Å². The van der Waals surface area contributed by atoms with Crippen molar-refractivity contribution in [1.29, 1.82) is 0 Å². The molecule has 1 N–H and O–H groups in total. The van der Waals surface area contributed by atoms with Crippen molar-refractivity contribution in [3.63, 3.8) is 0 Å². The first-order valence-electron chi connectivity index (χ1n) is 6.20. The molecule has 0 aliphatic carbocycles. The number of nitrogens with one attached hydrogen (secondary N) is 1. The minimum absolute atomic E-state index is 0.0530. The van der Waals surface area contributed by atoms with E-state index in [2.05, 4.69) is 28.0 Å². The number of Topliss-reactive ketones (excluding diaryl/α,β-unsaturated/α-hetero) is 1. The maximum absolute atomic E-state index is 12.1. The fourth-order valence-electron chi connectivity index (χ4n) is 1.61. The van der Waals surface area contributed by atoms with Crippen LogP contribution < -0.4 is 5.48 Å². The van der Waals surface area contributed by atoms with Crippen molar-refractivity contribution in [2.24, 2.45) is 0 Å². The fraction of sp³-hybridized carbons (Fsp3) is 0. The maximum atomic E-state index is 12.1. The van der Waals surface area contributed by atoms with Gasteiger partial charge in [0.25, 0.3) is 0 Å². The van der Waals surface area contributed by atoms with Crippen LogP contribution in [0.1, 0.15) is 20.7 Å². The third kappa shape index (κ3) is 3.96. The molecule has 0 heterocycles. The van der Waals surface area contributed by atoms with Crippen LogP contribution in [0.3, 0.4) is 0 Å². The van der Waals surface area contributed by atoms with Crippen LogP contribution in [0.4, 0.5) is 0 Å². The van der Waals surface area contributed by atoms with Crippen LogP contribution in [-0.4, -0.2) is 11.8 Å². The van der Waals surface area contributed by atoms with E-state index in [9.17, 15) is 9.59 Å². The SMILES string of the molecule is C=C(NOC(=O)c1ccccc1Cl)C(=O)c1ccc(Br)cc1. The van der Waals surface area contributed by atoms with E-state index >= 15 is 0 Å². The van der Waals surface area contributed by atoms with Gasteiger partial charge in [0.2, 0.25) is 5.78 Å². The lowest BCUT2D eigenvalue weighted by Gasteiger charge is -2.09. The molecule has 0 bridgehead atoms. The predicted octanol–water partition coefficient (Wildman–Crippen LogP) is 4.16. The van der Waals surface area contributed by atoms with E-state index in [0.29, 0.717) is 5.56 Å². The van der Waals surface area contributed by atoms with Gasteiger partial charge < -0.3 is 4.84 Å². The predicted molar refractivity (Wildman–Crippen MR) is 87.6 cm³/mol. The lowest BCUT2D eigenvalue weighted by Crippen LogP contribution is -2.24. The Morgan fingerprint density at radius 1 is 1.09 bits per heavy atom. The van der Waals surface area contributed by atoms with Gasteiger partial charge in [0.15, 0.2) is 0 Å². The molecule has 2 rings (SSSR count). The summed E-state index contributed by atoms with van der Waals surface area (Å²) in [5.41, 5.74) is 2.82. The van der Waals surface area contributed by atoms with E-state index in [1.54, 1.807) is 42.5 Å². The molecule has 0 unspecified atom stereocenters. The minimum atomic E-state index is -0.699. The highest BCUT2D eigenvalue weighted by molar-refractivity contribution is 9.10. The molecule has 0 aromatic heterocycles. The average molecular weight is 381 g/mol. The molecule has 0 saturated carbocycles. The molecule has 112 valence electrons. The first-order chi connectivity index (χ1) is 10.5. The van der Waals surface area contributed by atoms with E-state index in [4.69, 9.17) is 16.4 Å². The first-order valence-corrected chi connectivity index (χ1v) is 7.37. The molecule has 0 saturated heterocycles. The summed E-state index contributed by atoms with van der Waals surface area (Å²) in [6.45, 7) is 3.56. The molecular formula is C16H11BrClNO3. The van der Waals surface area contributed by atoms with Crippen molar-refractivity contribution in [1.82, 2.24) is 5.48 Å². The van der Waals surface area contributed by atoms with Crippen LogP contribution >= 0.6 is 27.5 Å². The van der Waals surface area contributed by atoms with Crippen LogP contribution in [0.2, 0.25) is 5.02 Å². The van der Waals surface area contributed by atoms with Crippen molar-refractivity contribution in [2.45, 2.75) is 0 Å². The molecular weight excluding hydrogens is 370 g/mol. The summed E-state index contributed by atoms with van der Waals surface area (Å²) >= 11 is 9.17. The van der Waals surface area contributed by atoms with Crippen molar-refractivity contribution in [2.75, 3.05) is 0 Å². The van der Waals surface area contributed by atoms with Crippen LogP contribution in [0.5, 0.6) is 0 Å². The molecule has 0 aliphatic rings. The lowest BCUT2D eigenvalue weighted by atomic mass is 10.1. The summed E-state index contributed by atoms with van der Waals surface area (Å²) in [6.07, 6.45) is 0. The average Bonchev–Trinajstić information content (AvgIpc) is 2.52. The number of carbonyl (C=O) groups excluding carboxylic acids is 2. The first kappa shape index (κ1) is 16.3. The number of benzene rings is 2. The van der Waals surface area contributed by atoms with E-state index in [-0.39, 0.29) is 22.1 Å². The number of allylic oxidation sites excluding steroid dienone is 1. The topological polar surface area (TPSA) is 55.4 Å². The Bertz CT molecular complexity index is 728. The molecule has 0 atom stereocenters. The number of halogens is 2. The second kappa shape index (κ2) is 7.24. The molecule has 0 radical (unpaired) electrons. The van der Waals surface area contributed by atoms with Gasteiger partial charge in [0, 0.05) is 10.0 Å². The Balaban J connectivity index is 1.98. The van der Waals surface area contributed by atoms with Crippen LogP contribution in [0.15, 0.2) is 65.3 Å². The Morgan fingerprint density at radius 3 is 2.36 bits per heavy atom. The monoisotopic (exact) mass is 379 g/mol. The summed E-state index contributed by atoms with van der Waals surface area (Å²) in [4.78, 5) is 28.8. The van der Waals surface area contributed by atoms with Crippen molar-refractivity contribution >= 4 is 39.3 Å². The van der Waals surface area contributed by atoms with E-state index in [1.807, 2.05) is 0 Å². The number of hydrogen-bond donors (Lipinski definition) is 1. The van der Waals surface area contributed by atoms with E-state index in [1.165, 1.54) is 6.07 Å². The third-order valence-corrected chi connectivity index (χ3v) is 3.60. The third-order valence-electron chi connectivity index (χ3n) is 2.74. The number of carbonyl (C=O) groups is 2. The van der Waals surface area contributed by atoms with E-state index in [0.717, 1.165) is 4.47 Å². The molecule has 0 fully saturated rings. The summed E-state index contributed by atoms with van der Waals surface area (Å²) in [6, 6.07) is 13.2. The van der Waals surface area contributed by atoms with Crippen molar-refractivity contribution < 1.29 is 14.4 Å². The molecule has 0 spiro atoms. The van der Waals surface area contributed by atoms with Crippen LogP contribution in [-0.2, 0) is 4.84 Å². The van der Waals surface area contributed by atoms with Gasteiger partial charge in [-0.15, -0.1) is 0 Å². The smallest absolute Gasteiger partial charge is 0.338 e. The van der Waals surface area contributed by atoms with Crippen molar-refractivity contribution in [3.8, 4) is 0 Å². The molecule has 4 nitrogen and oxygen atoms in total. The fourth-order valence-corrected chi connectivity index (χ4v) is 2.09. The Labute approximate surface area is 140 Å². The zero-order chi connectivity index (χ0) is 16.1. The van der Waals surface area contributed by atoms with Crippen LogP contribution in [0, 0.1) is 0 Å². The summed E-state index contributed by atoms with van der Waals surface area (Å²) < 4.78 is 0.854. The Morgan fingerprint density at radius 2 is 1.73 bits per heavy atom. The van der Waals surface area contributed by atoms with Gasteiger partial charge in [-0.05, 0) is 36.4 Å². The number of hydroxylamine groups is 1. The molecule has 0 aliphatic heterocycles. The molecule has 22 heavy (non-hydrogen) atoms. The standard InChI is InChI=1S/C16H11BrClNO3/c1-10(15(20)11-6-8-12(17)9-7-11)19-22-16(21)13-4-2-3-5-14(13)18/h2-9,19H,1H2. The second-order valence-electron chi connectivity index (χ2n) is 4.29. The van der Waals surface area contributed by atoms with Crippen LogP contribution in [0.25, 0.3) is 0 Å². The number of hydrogen-bond acceptors (Lipinski definition) is 4. The zero-order valence-electron chi connectivity index (χ0n) is 11.3. The molecule has 2 aromatic rings. The second-order valence-corrected chi connectivity index (χ2v) is 5.61. The van der Waals surface area contributed by atoms with E-state index < -0.39 is 5.97 Å². The largest absolute Gasteiger partial charge is 0.364 e. The highest BCUT2D eigenvalue weighted by Gasteiger charge is 2.15. The minimum Gasteiger partial charge on any atom is -0.338 e. The summed E-state index contributed by atoms with van der Waals surface area (Å²) in [7, 11) is 0. The molecule has 2 aromatic carbocycles. The lowest BCUT2D eigenvalue weighted by molar-refractivity contribution is 0.0322. The van der Waals surface area contributed by atoms with Gasteiger partial charge in [0.05, 0.1) is 10.6 Å².